The Bertz CT molecular complexity index is 386. The SMILES string of the molecule is CCCC(C(=O)N1CCC(NC(=O)OC)C1)C(N)=NO. The zero-order valence-electron chi connectivity index (χ0n) is 11.8. The highest BCUT2D eigenvalue weighted by Gasteiger charge is 2.33. The molecule has 114 valence electrons. The molecule has 0 bridgehead atoms. The molecule has 1 fully saturated rings. The second-order valence-corrected chi connectivity index (χ2v) is 4.77. The summed E-state index contributed by atoms with van der Waals surface area (Å²) in [6.45, 7) is 2.87. The highest BCUT2D eigenvalue weighted by atomic mass is 16.5. The standard InChI is InChI=1S/C12H22N4O4/c1-3-4-9(10(13)15-19)11(17)16-6-5-8(7-16)14-12(18)20-2/h8-9,19H,3-7H2,1-2H3,(H2,13,15)(H,14,18). The Balaban J connectivity index is 2.61. The zero-order chi connectivity index (χ0) is 15.1. The van der Waals surface area contributed by atoms with Crippen molar-refractivity contribution in [1.82, 2.24) is 10.2 Å². The van der Waals surface area contributed by atoms with Gasteiger partial charge < -0.3 is 25.9 Å². The predicted octanol–water partition coefficient (Wildman–Crippen LogP) is 0.106. The van der Waals surface area contributed by atoms with Gasteiger partial charge in [-0.1, -0.05) is 18.5 Å². The summed E-state index contributed by atoms with van der Waals surface area (Å²) in [4.78, 5) is 25.1. The van der Waals surface area contributed by atoms with E-state index in [4.69, 9.17) is 10.9 Å². The molecule has 0 aromatic rings. The highest BCUT2D eigenvalue weighted by Crippen LogP contribution is 2.17. The minimum atomic E-state index is -0.609. The maximum atomic E-state index is 12.3. The maximum absolute atomic E-state index is 12.3. The van der Waals surface area contributed by atoms with Crippen LogP contribution in [0.3, 0.4) is 0 Å². The topological polar surface area (TPSA) is 117 Å². The number of likely N-dealkylation sites (tertiary alicyclic amines) is 1. The van der Waals surface area contributed by atoms with Gasteiger partial charge >= 0.3 is 6.09 Å². The average molecular weight is 286 g/mol. The molecule has 0 radical (unpaired) electrons. The van der Waals surface area contributed by atoms with E-state index in [0.29, 0.717) is 25.9 Å². The number of amidine groups is 1. The molecular weight excluding hydrogens is 264 g/mol. The van der Waals surface area contributed by atoms with Crippen molar-refractivity contribution in [3.05, 3.63) is 0 Å². The molecule has 1 aliphatic rings. The molecule has 20 heavy (non-hydrogen) atoms. The fraction of sp³-hybridized carbons (Fsp3) is 0.750. The molecule has 1 heterocycles. The van der Waals surface area contributed by atoms with E-state index >= 15 is 0 Å². The number of carbonyl (C=O) groups is 2. The molecule has 2 atom stereocenters. The number of carbonyl (C=O) groups excluding carboxylic acids is 2. The van der Waals surface area contributed by atoms with Crippen LogP contribution < -0.4 is 11.1 Å². The summed E-state index contributed by atoms with van der Waals surface area (Å²) < 4.78 is 4.52. The molecule has 2 amide bonds. The van der Waals surface area contributed by atoms with Gasteiger partial charge in [0.1, 0.15) is 0 Å². The van der Waals surface area contributed by atoms with Gasteiger partial charge in [0.05, 0.1) is 19.1 Å². The summed E-state index contributed by atoms with van der Waals surface area (Å²) in [5.74, 6) is -0.848. The highest BCUT2D eigenvalue weighted by molar-refractivity contribution is 6.02. The van der Waals surface area contributed by atoms with Gasteiger partial charge in [-0.25, -0.2) is 4.79 Å². The van der Waals surface area contributed by atoms with E-state index in [2.05, 4.69) is 15.2 Å². The molecule has 0 saturated carbocycles. The minimum Gasteiger partial charge on any atom is -0.453 e. The Hall–Kier alpha value is -1.99. The summed E-state index contributed by atoms with van der Waals surface area (Å²) >= 11 is 0. The number of nitrogens with one attached hydrogen (secondary N) is 1. The fourth-order valence-corrected chi connectivity index (χ4v) is 2.28. The van der Waals surface area contributed by atoms with Crippen molar-refractivity contribution in [1.29, 1.82) is 0 Å². The number of alkyl carbamates (subject to hydrolysis) is 1. The number of ether oxygens (including phenoxy) is 1. The van der Waals surface area contributed by atoms with Crippen molar-refractivity contribution in [3.8, 4) is 0 Å². The molecule has 1 rings (SSSR count). The van der Waals surface area contributed by atoms with Crippen molar-refractivity contribution >= 4 is 17.8 Å². The number of oxime groups is 1. The Morgan fingerprint density at radius 3 is 2.85 bits per heavy atom. The lowest BCUT2D eigenvalue weighted by atomic mass is 10.0. The van der Waals surface area contributed by atoms with Gasteiger partial charge in [0.2, 0.25) is 5.91 Å². The van der Waals surface area contributed by atoms with E-state index in [1.54, 1.807) is 4.90 Å². The van der Waals surface area contributed by atoms with Gasteiger partial charge in [-0.05, 0) is 12.8 Å². The van der Waals surface area contributed by atoms with Crippen molar-refractivity contribution < 1.29 is 19.5 Å². The normalized spacial score (nSPS) is 20.6. The molecular formula is C12H22N4O4. The molecule has 0 aromatic heterocycles. The minimum absolute atomic E-state index is 0.0683. The van der Waals surface area contributed by atoms with E-state index in [1.807, 2.05) is 6.92 Å². The van der Waals surface area contributed by atoms with E-state index in [9.17, 15) is 9.59 Å². The lowest BCUT2D eigenvalue weighted by Crippen LogP contribution is -2.43. The summed E-state index contributed by atoms with van der Waals surface area (Å²) in [6.07, 6.45) is 1.44. The third-order valence-corrected chi connectivity index (χ3v) is 3.36. The zero-order valence-corrected chi connectivity index (χ0v) is 11.8. The number of nitrogens with zero attached hydrogens (tertiary/aromatic N) is 2. The molecule has 0 spiro atoms. The maximum Gasteiger partial charge on any atom is 0.407 e. The first-order chi connectivity index (χ1) is 9.53. The largest absolute Gasteiger partial charge is 0.453 e. The van der Waals surface area contributed by atoms with E-state index < -0.39 is 12.0 Å². The monoisotopic (exact) mass is 286 g/mol. The van der Waals surface area contributed by atoms with Crippen LogP contribution in [0.2, 0.25) is 0 Å². The number of rotatable bonds is 5. The Morgan fingerprint density at radius 2 is 2.30 bits per heavy atom. The number of nitrogens with two attached hydrogens (primary N) is 1. The Morgan fingerprint density at radius 1 is 1.60 bits per heavy atom. The molecule has 1 aliphatic heterocycles. The fourth-order valence-electron chi connectivity index (χ4n) is 2.28. The van der Waals surface area contributed by atoms with Crippen molar-refractivity contribution in [2.45, 2.75) is 32.2 Å². The number of methoxy groups -OCH3 is 1. The summed E-state index contributed by atoms with van der Waals surface area (Å²) in [7, 11) is 1.29. The van der Waals surface area contributed by atoms with Gasteiger partial charge in [0.25, 0.3) is 0 Å². The van der Waals surface area contributed by atoms with Crippen LogP contribution in [0.4, 0.5) is 4.79 Å². The van der Waals surface area contributed by atoms with Gasteiger partial charge in [-0.2, -0.15) is 0 Å². The van der Waals surface area contributed by atoms with Crippen LogP contribution in [0.25, 0.3) is 0 Å². The van der Waals surface area contributed by atoms with Crippen molar-refractivity contribution in [3.63, 3.8) is 0 Å². The van der Waals surface area contributed by atoms with Crippen LogP contribution in [0, 0.1) is 5.92 Å². The van der Waals surface area contributed by atoms with E-state index in [1.165, 1.54) is 7.11 Å². The van der Waals surface area contributed by atoms with Crippen LogP contribution in [0.1, 0.15) is 26.2 Å². The number of hydrogen-bond acceptors (Lipinski definition) is 5. The lowest BCUT2D eigenvalue weighted by molar-refractivity contribution is -0.132. The quantitative estimate of drug-likeness (QED) is 0.287. The lowest BCUT2D eigenvalue weighted by Gasteiger charge is -2.22. The van der Waals surface area contributed by atoms with Crippen LogP contribution in [0.5, 0.6) is 0 Å². The van der Waals surface area contributed by atoms with Gasteiger partial charge in [-0.3, -0.25) is 4.79 Å². The number of hydrogen-bond donors (Lipinski definition) is 3. The molecule has 8 nitrogen and oxygen atoms in total. The first kappa shape index (κ1) is 16.1. The van der Waals surface area contributed by atoms with Crippen molar-refractivity contribution in [2.75, 3.05) is 20.2 Å². The third kappa shape index (κ3) is 4.01. The Kier molecular flexibility index (Phi) is 6.08. The van der Waals surface area contributed by atoms with E-state index in [-0.39, 0.29) is 17.8 Å². The van der Waals surface area contributed by atoms with Gasteiger partial charge in [0.15, 0.2) is 5.84 Å². The molecule has 1 saturated heterocycles. The summed E-state index contributed by atoms with van der Waals surface area (Å²) in [5.41, 5.74) is 5.57. The number of amides is 2. The van der Waals surface area contributed by atoms with E-state index in [0.717, 1.165) is 6.42 Å². The second kappa shape index (κ2) is 7.56. The van der Waals surface area contributed by atoms with Crippen LogP contribution >= 0.6 is 0 Å². The second-order valence-electron chi connectivity index (χ2n) is 4.77. The van der Waals surface area contributed by atoms with Crippen LogP contribution in [-0.2, 0) is 9.53 Å². The molecule has 0 aliphatic carbocycles. The van der Waals surface area contributed by atoms with Gasteiger partial charge in [-0.15, -0.1) is 0 Å². The summed E-state index contributed by atoms with van der Waals surface area (Å²) in [5, 5.41) is 14.3. The molecule has 8 heteroatoms. The predicted molar refractivity (Wildman–Crippen MR) is 72.3 cm³/mol. The van der Waals surface area contributed by atoms with Crippen LogP contribution in [-0.4, -0.2) is 54.2 Å². The van der Waals surface area contributed by atoms with Gasteiger partial charge in [0, 0.05) is 13.1 Å². The van der Waals surface area contributed by atoms with Crippen molar-refractivity contribution in [2.24, 2.45) is 16.8 Å². The third-order valence-electron chi connectivity index (χ3n) is 3.36. The smallest absolute Gasteiger partial charge is 0.407 e. The molecule has 2 unspecified atom stereocenters. The first-order valence-electron chi connectivity index (χ1n) is 6.64. The molecule has 4 N–H and O–H groups in total. The average Bonchev–Trinajstić information content (AvgIpc) is 2.91. The molecule has 0 aromatic carbocycles. The summed E-state index contributed by atoms with van der Waals surface area (Å²) in [6, 6.07) is -0.124. The Labute approximate surface area is 117 Å². The van der Waals surface area contributed by atoms with Crippen LogP contribution in [0.15, 0.2) is 5.16 Å². The first-order valence-corrected chi connectivity index (χ1v) is 6.64.